The van der Waals surface area contributed by atoms with Gasteiger partial charge in [0.25, 0.3) is 0 Å². The van der Waals surface area contributed by atoms with Crippen LogP contribution in [0.2, 0.25) is 0 Å². The van der Waals surface area contributed by atoms with E-state index in [-0.39, 0.29) is 53.2 Å². The molecule has 2 aromatic rings. The van der Waals surface area contributed by atoms with Crippen molar-refractivity contribution in [2.45, 2.75) is 26.4 Å². The number of hydrogen-bond donors (Lipinski definition) is 4. The van der Waals surface area contributed by atoms with Crippen LogP contribution in [0.5, 0.6) is 11.5 Å². The van der Waals surface area contributed by atoms with Crippen molar-refractivity contribution >= 4 is 23.5 Å². The number of phenols is 2. The zero-order valence-electron chi connectivity index (χ0n) is 16.0. The number of carbonyl (C=O) groups is 4. The van der Waals surface area contributed by atoms with Crippen molar-refractivity contribution < 1.29 is 44.3 Å². The Bertz CT molecular complexity index is 1010. The van der Waals surface area contributed by atoms with Crippen LogP contribution >= 0.6 is 0 Å². The summed E-state index contributed by atoms with van der Waals surface area (Å²) < 4.78 is 4.49. The van der Waals surface area contributed by atoms with Gasteiger partial charge in [-0.05, 0) is 30.7 Å². The van der Waals surface area contributed by atoms with Crippen LogP contribution in [0.1, 0.15) is 57.2 Å². The lowest BCUT2D eigenvalue weighted by Gasteiger charge is -2.19. The maximum absolute atomic E-state index is 12.4. The molecule has 158 valence electrons. The normalized spacial score (nSPS) is 11.7. The van der Waals surface area contributed by atoms with Crippen LogP contribution in [-0.2, 0) is 20.9 Å². The number of fused-ring (bicyclic) bond motifs is 2. The number of carboxylic acid groups (broad SMARTS) is 1. The Morgan fingerprint density at radius 2 is 1.60 bits per heavy atom. The first-order chi connectivity index (χ1) is 14.2. The predicted molar refractivity (Wildman–Crippen MR) is 103 cm³/mol. The van der Waals surface area contributed by atoms with Crippen molar-refractivity contribution in [2.75, 3.05) is 6.61 Å². The molecule has 0 fully saturated rings. The molecule has 4 N–H and O–H groups in total. The van der Waals surface area contributed by atoms with Crippen LogP contribution in [0.15, 0.2) is 30.3 Å². The summed E-state index contributed by atoms with van der Waals surface area (Å²) in [6, 6.07) is 6.84. The second-order valence-electron chi connectivity index (χ2n) is 6.25. The number of aliphatic hydroxyl groups is 1. The molecule has 2 aromatic carbocycles. The van der Waals surface area contributed by atoms with E-state index in [2.05, 4.69) is 4.74 Å². The van der Waals surface area contributed by atoms with Crippen molar-refractivity contribution in [2.24, 2.45) is 0 Å². The molecule has 0 radical (unpaired) electrons. The summed E-state index contributed by atoms with van der Waals surface area (Å²) in [5, 5.41) is 36.9. The van der Waals surface area contributed by atoms with Crippen molar-refractivity contribution in [1.82, 2.24) is 0 Å². The van der Waals surface area contributed by atoms with E-state index in [9.17, 15) is 29.4 Å². The molecule has 0 saturated carbocycles. The molecule has 0 aromatic heterocycles. The van der Waals surface area contributed by atoms with Gasteiger partial charge < -0.3 is 25.2 Å². The maximum atomic E-state index is 12.4. The van der Waals surface area contributed by atoms with Gasteiger partial charge >= 0.3 is 11.9 Å². The maximum Gasteiger partial charge on any atom is 0.306 e. The lowest BCUT2D eigenvalue weighted by atomic mass is 9.82. The third kappa shape index (κ3) is 4.81. The Hall–Kier alpha value is -3.72. The molecule has 30 heavy (non-hydrogen) atoms. The van der Waals surface area contributed by atoms with Gasteiger partial charge in [-0.1, -0.05) is 12.1 Å². The standard InChI is InChI=1S/C15H10O5.C6H10O4/c16-6-7-4-9-13(11(18)5-7)15(20)12-8(14(9)19)2-1-3-10(12)17;1-2-10-6(9)4-3-5(7)8/h1-5,16-18H,6H2;2-4H2,1H3,(H,7,8). The number of esters is 1. The summed E-state index contributed by atoms with van der Waals surface area (Å²) in [7, 11) is 0. The molecular formula is C21H20O9. The summed E-state index contributed by atoms with van der Waals surface area (Å²) in [6.07, 6.45) is -0.192. The Balaban J connectivity index is 0.000000274. The molecule has 9 nitrogen and oxygen atoms in total. The van der Waals surface area contributed by atoms with Crippen molar-refractivity contribution in [3.63, 3.8) is 0 Å². The molecule has 0 aliphatic heterocycles. The van der Waals surface area contributed by atoms with Crippen LogP contribution in [0.4, 0.5) is 0 Å². The number of ether oxygens (including phenoxy) is 1. The highest BCUT2D eigenvalue weighted by molar-refractivity contribution is 6.30. The fourth-order valence-corrected chi connectivity index (χ4v) is 2.87. The largest absolute Gasteiger partial charge is 0.507 e. The number of hydrogen-bond acceptors (Lipinski definition) is 8. The highest BCUT2D eigenvalue weighted by Gasteiger charge is 2.34. The summed E-state index contributed by atoms with van der Waals surface area (Å²) in [6.45, 7) is 1.63. The average molecular weight is 416 g/mol. The topological polar surface area (TPSA) is 158 Å². The van der Waals surface area contributed by atoms with Gasteiger partial charge in [0, 0.05) is 11.1 Å². The van der Waals surface area contributed by atoms with E-state index in [0.717, 1.165) is 0 Å². The minimum Gasteiger partial charge on any atom is -0.507 e. The third-order valence-corrected chi connectivity index (χ3v) is 4.19. The molecule has 0 amide bonds. The van der Waals surface area contributed by atoms with Crippen LogP contribution in [0.25, 0.3) is 0 Å². The second kappa shape index (κ2) is 9.66. The van der Waals surface area contributed by atoms with E-state index in [1.165, 1.54) is 30.3 Å². The summed E-state index contributed by atoms with van der Waals surface area (Å²) >= 11 is 0. The summed E-state index contributed by atoms with van der Waals surface area (Å²) in [5.74, 6) is -3.17. The SMILES string of the molecule is CCOC(=O)CCC(=O)O.O=C1c2cccc(O)c2C(=O)c2c(O)cc(CO)cc21. The number of phenolic OH excluding ortho intramolecular Hbond substituents is 2. The number of rotatable bonds is 5. The minimum absolute atomic E-state index is 0.0385. The van der Waals surface area contributed by atoms with E-state index in [1.807, 2.05) is 0 Å². The number of ketones is 2. The molecule has 0 saturated heterocycles. The molecule has 0 atom stereocenters. The van der Waals surface area contributed by atoms with Gasteiger partial charge in [0.15, 0.2) is 5.78 Å². The van der Waals surface area contributed by atoms with E-state index < -0.39 is 23.5 Å². The number of benzene rings is 2. The van der Waals surface area contributed by atoms with Crippen LogP contribution in [0.3, 0.4) is 0 Å². The van der Waals surface area contributed by atoms with Gasteiger partial charge in [0.2, 0.25) is 5.78 Å². The second-order valence-corrected chi connectivity index (χ2v) is 6.25. The number of carbonyl (C=O) groups excluding carboxylic acids is 3. The lowest BCUT2D eigenvalue weighted by molar-refractivity contribution is -0.147. The third-order valence-electron chi connectivity index (χ3n) is 4.19. The quantitative estimate of drug-likeness (QED) is 0.455. The van der Waals surface area contributed by atoms with Crippen molar-refractivity contribution in [3.8, 4) is 11.5 Å². The summed E-state index contributed by atoms with van der Waals surface area (Å²) in [5.41, 5.74) is 0.235. The smallest absolute Gasteiger partial charge is 0.306 e. The van der Waals surface area contributed by atoms with Gasteiger partial charge in [0.05, 0.1) is 37.2 Å². The fraction of sp³-hybridized carbons (Fsp3) is 0.238. The van der Waals surface area contributed by atoms with Gasteiger partial charge in [-0.15, -0.1) is 0 Å². The number of aromatic hydroxyl groups is 2. The minimum atomic E-state index is -0.979. The monoisotopic (exact) mass is 416 g/mol. The first kappa shape index (κ1) is 22.6. The molecule has 3 rings (SSSR count). The van der Waals surface area contributed by atoms with Crippen molar-refractivity contribution in [1.29, 1.82) is 0 Å². The molecule has 0 heterocycles. The van der Waals surface area contributed by atoms with Gasteiger partial charge in [-0.2, -0.15) is 0 Å². The Morgan fingerprint density at radius 1 is 0.933 bits per heavy atom. The predicted octanol–water partition coefficient (Wildman–Crippen LogP) is 1.78. The first-order valence-corrected chi connectivity index (χ1v) is 8.96. The zero-order chi connectivity index (χ0) is 22.4. The fourth-order valence-electron chi connectivity index (χ4n) is 2.87. The number of aliphatic hydroxyl groups excluding tert-OH is 1. The Morgan fingerprint density at radius 3 is 2.20 bits per heavy atom. The molecule has 0 spiro atoms. The number of aliphatic carboxylic acids is 1. The van der Waals surface area contributed by atoms with Gasteiger partial charge in [-0.3, -0.25) is 19.2 Å². The van der Waals surface area contributed by atoms with Gasteiger partial charge in [-0.25, -0.2) is 0 Å². The first-order valence-electron chi connectivity index (χ1n) is 8.96. The average Bonchev–Trinajstić information content (AvgIpc) is 2.70. The van der Waals surface area contributed by atoms with Crippen LogP contribution in [-0.4, -0.2) is 50.5 Å². The van der Waals surface area contributed by atoms with E-state index >= 15 is 0 Å². The Kier molecular flexibility index (Phi) is 7.27. The van der Waals surface area contributed by atoms with E-state index in [1.54, 1.807) is 6.92 Å². The molecule has 0 bridgehead atoms. The number of carboxylic acids is 1. The summed E-state index contributed by atoms with van der Waals surface area (Å²) in [4.78, 5) is 45.1. The highest BCUT2D eigenvalue weighted by atomic mass is 16.5. The van der Waals surface area contributed by atoms with E-state index in [0.29, 0.717) is 12.2 Å². The highest BCUT2D eigenvalue weighted by Crippen LogP contribution is 2.37. The van der Waals surface area contributed by atoms with Crippen LogP contribution < -0.4 is 0 Å². The molecule has 1 aliphatic rings. The molecule has 1 aliphatic carbocycles. The molecule has 0 unspecified atom stereocenters. The van der Waals surface area contributed by atoms with Crippen LogP contribution in [0, 0.1) is 0 Å². The Labute approximate surface area is 171 Å². The molecular weight excluding hydrogens is 396 g/mol. The van der Waals surface area contributed by atoms with E-state index in [4.69, 9.17) is 10.2 Å². The molecule has 9 heteroatoms. The zero-order valence-corrected chi connectivity index (χ0v) is 16.0. The van der Waals surface area contributed by atoms with Gasteiger partial charge in [0.1, 0.15) is 11.5 Å². The van der Waals surface area contributed by atoms with Crippen molar-refractivity contribution in [3.05, 3.63) is 58.1 Å². The lowest BCUT2D eigenvalue weighted by Crippen LogP contribution is -2.21.